The molecule has 0 spiro atoms. The lowest BCUT2D eigenvalue weighted by molar-refractivity contribution is 0.260. The standard InChI is InChI=1S/C23H25ClN2O/c1-27-23-12-6-20(7-13-23)17-26(16-19-2-8-21(24)9-3-19)15-14-18-4-10-22(25)11-5-18/h2-13H,14-17,25H2,1H3. The number of benzene rings is 3. The largest absolute Gasteiger partial charge is 0.497 e. The molecule has 140 valence electrons. The zero-order valence-corrected chi connectivity index (χ0v) is 16.3. The number of nitrogen functional groups attached to an aromatic ring is 1. The number of anilines is 1. The second kappa shape index (κ2) is 9.45. The highest BCUT2D eigenvalue weighted by Gasteiger charge is 2.08. The van der Waals surface area contributed by atoms with E-state index in [0.29, 0.717) is 0 Å². The molecule has 3 nitrogen and oxygen atoms in total. The molecule has 0 bridgehead atoms. The number of hydrogen-bond acceptors (Lipinski definition) is 3. The number of ether oxygens (including phenoxy) is 1. The second-order valence-corrected chi connectivity index (χ2v) is 7.11. The maximum atomic E-state index is 6.02. The zero-order chi connectivity index (χ0) is 19.1. The van der Waals surface area contributed by atoms with Gasteiger partial charge in [0.25, 0.3) is 0 Å². The molecule has 4 heteroatoms. The Hall–Kier alpha value is -2.49. The smallest absolute Gasteiger partial charge is 0.118 e. The van der Waals surface area contributed by atoms with Crippen LogP contribution in [0.15, 0.2) is 72.8 Å². The van der Waals surface area contributed by atoms with Crippen LogP contribution in [0.3, 0.4) is 0 Å². The Bertz CT molecular complexity index is 830. The van der Waals surface area contributed by atoms with Crippen molar-refractivity contribution in [1.82, 2.24) is 4.90 Å². The molecule has 0 aromatic heterocycles. The highest BCUT2D eigenvalue weighted by Crippen LogP contribution is 2.17. The average Bonchev–Trinajstić information content (AvgIpc) is 2.69. The van der Waals surface area contributed by atoms with Crippen LogP contribution in [0.4, 0.5) is 5.69 Å². The normalized spacial score (nSPS) is 10.9. The fourth-order valence-corrected chi connectivity index (χ4v) is 3.15. The minimum Gasteiger partial charge on any atom is -0.497 e. The molecule has 0 amide bonds. The van der Waals surface area contributed by atoms with E-state index in [-0.39, 0.29) is 0 Å². The lowest BCUT2D eigenvalue weighted by atomic mass is 10.1. The monoisotopic (exact) mass is 380 g/mol. The van der Waals surface area contributed by atoms with E-state index in [0.717, 1.165) is 42.5 Å². The lowest BCUT2D eigenvalue weighted by Crippen LogP contribution is -2.25. The van der Waals surface area contributed by atoms with Gasteiger partial charge < -0.3 is 10.5 Å². The highest BCUT2D eigenvalue weighted by molar-refractivity contribution is 6.30. The minimum atomic E-state index is 0.766. The first-order valence-electron chi connectivity index (χ1n) is 9.06. The van der Waals surface area contributed by atoms with E-state index in [1.165, 1.54) is 16.7 Å². The van der Waals surface area contributed by atoms with Crippen LogP contribution in [0.25, 0.3) is 0 Å². The number of methoxy groups -OCH3 is 1. The van der Waals surface area contributed by atoms with E-state index in [1.807, 2.05) is 36.4 Å². The summed E-state index contributed by atoms with van der Waals surface area (Å²) in [5, 5.41) is 0.766. The van der Waals surface area contributed by atoms with E-state index in [9.17, 15) is 0 Å². The van der Waals surface area contributed by atoms with E-state index in [1.54, 1.807) is 7.11 Å². The van der Waals surface area contributed by atoms with Crippen molar-refractivity contribution in [3.05, 3.63) is 94.5 Å². The van der Waals surface area contributed by atoms with Crippen LogP contribution in [-0.4, -0.2) is 18.6 Å². The second-order valence-electron chi connectivity index (χ2n) is 6.68. The molecule has 0 saturated heterocycles. The van der Waals surface area contributed by atoms with Crippen LogP contribution in [0.1, 0.15) is 16.7 Å². The quantitative estimate of drug-likeness (QED) is 0.547. The van der Waals surface area contributed by atoms with Crippen molar-refractivity contribution in [2.45, 2.75) is 19.5 Å². The number of halogens is 1. The minimum absolute atomic E-state index is 0.766. The van der Waals surface area contributed by atoms with Crippen molar-refractivity contribution in [3.8, 4) is 5.75 Å². The van der Waals surface area contributed by atoms with Crippen molar-refractivity contribution < 1.29 is 4.74 Å². The summed E-state index contributed by atoms with van der Waals surface area (Å²) in [6, 6.07) is 24.5. The Morgan fingerprint density at radius 2 is 1.30 bits per heavy atom. The third kappa shape index (κ3) is 6.02. The molecule has 0 fully saturated rings. The van der Waals surface area contributed by atoms with Crippen LogP contribution in [0.5, 0.6) is 5.75 Å². The fraction of sp³-hybridized carbons (Fsp3) is 0.217. The van der Waals surface area contributed by atoms with Gasteiger partial charge in [-0.1, -0.05) is 48.0 Å². The molecular weight excluding hydrogens is 356 g/mol. The summed E-state index contributed by atoms with van der Waals surface area (Å²) in [5.74, 6) is 0.880. The summed E-state index contributed by atoms with van der Waals surface area (Å²) in [7, 11) is 1.69. The van der Waals surface area contributed by atoms with Gasteiger partial charge in [0.15, 0.2) is 0 Å². The van der Waals surface area contributed by atoms with Gasteiger partial charge in [0.05, 0.1) is 7.11 Å². The van der Waals surface area contributed by atoms with Gasteiger partial charge in [-0.3, -0.25) is 4.90 Å². The summed E-state index contributed by atoms with van der Waals surface area (Å²) in [5.41, 5.74) is 10.4. The summed E-state index contributed by atoms with van der Waals surface area (Å²) in [4.78, 5) is 2.45. The predicted octanol–water partition coefficient (Wildman–Crippen LogP) is 5.18. The van der Waals surface area contributed by atoms with Crippen molar-refractivity contribution in [1.29, 1.82) is 0 Å². The Labute approximate surface area is 166 Å². The Morgan fingerprint density at radius 3 is 1.85 bits per heavy atom. The first-order valence-corrected chi connectivity index (χ1v) is 9.44. The van der Waals surface area contributed by atoms with Gasteiger partial charge in [-0.2, -0.15) is 0 Å². The molecular formula is C23H25ClN2O. The van der Waals surface area contributed by atoms with E-state index >= 15 is 0 Å². The van der Waals surface area contributed by atoms with Crippen molar-refractivity contribution >= 4 is 17.3 Å². The fourth-order valence-electron chi connectivity index (χ4n) is 3.02. The molecule has 0 saturated carbocycles. The Kier molecular flexibility index (Phi) is 6.74. The molecule has 0 unspecified atom stereocenters. The first-order chi connectivity index (χ1) is 13.1. The molecule has 0 aliphatic carbocycles. The molecule has 0 aliphatic rings. The van der Waals surface area contributed by atoms with Crippen LogP contribution in [0, 0.1) is 0 Å². The van der Waals surface area contributed by atoms with Crippen LogP contribution >= 0.6 is 11.6 Å². The third-order valence-corrected chi connectivity index (χ3v) is 4.83. The number of rotatable bonds is 8. The lowest BCUT2D eigenvalue weighted by Gasteiger charge is -2.23. The average molecular weight is 381 g/mol. The maximum absolute atomic E-state index is 6.02. The van der Waals surface area contributed by atoms with Gasteiger partial charge in [0, 0.05) is 30.3 Å². The predicted molar refractivity (Wildman–Crippen MR) is 113 cm³/mol. The summed E-state index contributed by atoms with van der Waals surface area (Å²) >= 11 is 6.02. The van der Waals surface area contributed by atoms with Gasteiger partial charge in [0.1, 0.15) is 5.75 Å². The van der Waals surface area contributed by atoms with E-state index < -0.39 is 0 Å². The molecule has 3 aromatic rings. The number of nitrogens with zero attached hydrogens (tertiary/aromatic N) is 1. The van der Waals surface area contributed by atoms with E-state index in [4.69, 9.17) is 22.1 Å². The Balaban J connectivity index is 1.70. The molecule has 0 radical (unpaired) electrons. The third-order valence-electron chi connectivity index (χ3n) is 4.58. The van der Waals surface area contributed by atoms with Crippen LogP contribution in [-0.2, 0) is 19.5 Å². The number of nitrogens with two attached hydrogens (primary N) is 1. The van der Waals surface area contributed by atoms with Crippen molar-refractivity contribution in [3.63, 3.8) is 0 Å². The molecule has 0 atom stereocenters. The summed E-state index contributed by atoms with van der Waals surface area (Å²) in [6.45, 7) is 2.71. The molecule has 0 aliphatic heterocycles. The number of hydrogen-bond donors (Lipinski definition) is 1. The van der Waals surface area contributed by atoms with Gasteiger partial charge in [-0.25, -0.2) is 0 Å². The van der Waals surface area contributed by atoms with Gasteiger partial charge in [-0.15, -0.1) is 0 Å². The molecule has 0 heterocycles. The van der Waals surface area contributed by atoms with Gasteiger partial charge >= 0.3 is 0 Å². The molecule has 3 aromatic carbocycles. The summed E-state index contributed by atoms with van der Waals surface area (Å²) in [6.07, 6.45) is 0.976. The van der Waals surface area contributed by atoms with Crippen LogP contribution in [0.2, 0.25) is 5.02 Å². The molecule has 3 rings (SSSR count). The van der Waals surface area contributed by atoms with E-state index in [2.05, 4.69) is 41.3 Å². The molecule has 27 heavy (non-hydrogen) atoms. The Morgan fingerprint density at radius 1 is 0.778 bits per heavy atom. The zero-order valence-electron chi connectivity index (χ0n) is 15.6. The maximum Gasteiger partial charge on any atom is 0.118 e. The van der Waals surface area contributed by atoms with Gasteiger partial charge in [0.2, 0.25) is 0 Å². The van der Waals surface area contributed by atoms with Gasteiger partial charge in [-0.05, 0) is 59.5 Å². The highest BCUT2D eigenvalue weighted by atomic mass is 35.5. The van der Waals surface area contributed by atoms with Crippen LogP contribution < -0.4 is 10.5 Å². The topological polar surface area (TPSA) is 38.5 Å². The summed E-state index contributed by atoms with van der Waals surface area (Å²) < 4.78 is 5.26. The molecule has 2 N–H and O–H groups in total. The SMILES string of the molecule is COc1ccc(CN(CCc2ccc(N)cc2)Cc2ccc(Cl)cc2)cc1. The van der Waals surface area contributed by atoms with Crippen molar-refractivity contribution in [2.24, 2.45) is 0 Å². The first kappa shape index (κ1) is 19.3. The van der Waals surface area contributed by atoms with Crippen molar-refractivity contribution in [2.75, 3.05) is 19.4 Å².